The smallest absolute Gasteiger partial charge is 0.489 e. The van der Waals surface area contributed by atoms with Crippen LogP contribution in [0.3, 0.4) is 0 Å². The van der Waals surface area contributed by atoms with E-state index in [0.29, 0.717) is 24.7 Å². The maximum Gasteiger partial charge on any atom is 0.516 e. The fourth-order valence-corrected chi connectivity index (χ4v) is 2.62. The number of hydrogen-bond acceptors (Lipinski definition) is 6. The van der Waals surface area contributed by atoms with Crippen molar-refractivity contribution in [2.45, 2.75) is 20.1 Å². The van der Waals surface area contributed by atoms with Crippen molar-refractivity contribution in [2.75, 3.05) is 6.61 Å². The van der Waals surface area contributed by atoms with Gasteiger partial charge >= 0.3 is 12.1 Å². The Balaban J connectivity index is 1.77. The molecule has 6 heteroatoms. The molecule has 0 aliphatic carbocycles. The lowest BCUT2D eigenvalue weighted by Gasteiger charge is -2.12. The number of rotatable bonds is 8. The van der Waals surface area contributed by atoms with Crippen molar-refractivity contribution in [3.05, 3.63) is 95.6 Å². The molecule has 0 aliphatic heterocycles. The van der Waals surface area contributed by atoms with Crippen molar-refractivity contribution in [2.24, 2.45) is 0 Å². The summed E-state index contributed by atoms with van der Waals surface area (Å²) in [6.45, 7) is 2.36. The number of benzene rings is 3. The molecule has 6 nitrogen and oxygen atoms in total. The molecular weight excluding hydrogens is 384 g/mol. The van der Waals surface area contributed by atoms with Gasteiger partial charge in [-0.1, -0.05) is 60.7 Å². The topological polar surface area (TPSA) is 71.1 Å². The molecule has 3 aromatic carbocycles. The molecule has 0 spiro atoms. The van der Waals surface area contributed by atoms with Crippen LogP contribution in [-0.2, 0) is 22.7 Å². The fourth-order valence-electron chi connectivity index (χ4n) is 2.62. The number of hydrogen-bond donors (Lipinski definition) is 0. The molecule has 3 aromatic rings. The van der Waals surface area contributed by atoms with E-state index in [1.165, 1.54) is 12.1 Å². The van der Waals surface area contributed by atoms with Crippen LogP contribution in [0.25, 0.3) is 0 Å². The maximum absolute atomic E-state index is 12.3. The van der Waals surface area contributed by atoms with Crippen LogP contribution in [0.5, 0.6) is 11.5 Å². The zero-order valence-electron chi connectivity index (χ0n) is 16.6. The Morgan fingerprint density at radius 2 is 1.23 bits per heavy atom. The van der Waals surface area contributed by atoms with E-state index in [1.54, 1.807) is 13.0 Å². The molecule has 154 valence electrons. The molecule has 0 bridgehead atoms. The molecule has 0 aromatic heterocycles. The van der Waals surface area contributed by atoms with Gasteiger partial charge in [0.05, 0.1) is 12.2 Å². The summed E-state index contributed by atoms with van der Waals surface area (Å²) < 4.78 is 21.0. The number of carbonyl (C=O) groups excluding carboxylic acids is 2. The van der Waals surface area contributed by atoms with Crippen LogP contribution in [0.2, 0.25) is 0 Å². The van der Waals surface area contributed by atoms with Crippen LogP contribution >= 0.6 is 0 Å². The minimum Gasteiger partial charge on any atom is -0.489 e. The van der Waals surface area contributed by atoms with Crippen LogP contribution in [0.1, 0.15) is 28.4 Å². The van der Waals surface area contributed by atoms with Gasteiger partial charge in [-0.3, -0.25) is 0 Å². The maximum atomic E-state index is 12.3. The summed E-state index contributed by atoms with van der Waals surface area (Å²) in [6, 6.07) is 23.9. The van der Waals surface area contributed by atoms with E-state index in [2.05, 4.69) is 4.74 Å². The van der Waals surface area contributed by atoms with E-state index < -0.39 is 12.1 Å². The average molecular weight is 406 g/mol. The second-order valence-electron chi connectivity index (χ2n) is 6.31. The summed E-state index contributed by atoms with van der Waals surface area (Å²) in [7, 11) is 0. The Labute approximate surface area is 175 Å². The van der Waals surface area contributed by atoms with Crippen molar-refractivity contribution >= 4 is 12.1 Å². The molecule has 0 heterocycles. The second-order valence-corrected chi connectivity index (χ2v) is 6.31. The second kappa shape index (κ2) is 10.7. The molecule has 0 N–H and O–H groups in total. The third-order valence-electron chi connectivity index (χ3n) is 4.05. The van der Waals surface area contributed by atoms with Gasteiger partial charge in [-0.05, 0) is 30.2 Å². The fraction of sp³-hybridized carbons (Fsp3) is 0.167. The summed E-state index contributed by atoms with van der Waals surface area (Å²) in [6.07, 6.45) is -1.05. The van der Waals surface area contributed by atoms with Crippen molar-refractivity contribution in [1.82, 2.24) is 0 Å². The third kappa shape index (κ3) is 6.38. The van der Waals surface area contributed by atoms with Gasteiger partial charge in [0, 0.05) is 6.07 Å². The van der Waals surface area contributed by atoms with Crippen LogP contribution in [0, 0.1) is 0 Å². The lowest BCUT2D eigenvalue weighted by molar-refractivity contribution is 0.0400. The summed E-state index contributed by atoms with van der Waals surface area (Å²) in [5.74, 6) is -0.0105. The molecule has 3 rings (SSSR count). The highest BCUT2D eigenvalue weighted by Crippen LogP contribution is 2.25. The van der Waals surface area contributed by atoms with E-state index in [0.717, 1.165) is 11.1 Å². The summed E-state index contributed by atoms with van der Waals surface area (Å²) >= 11 is 0. The first-order valence-electron chi connectivity index (χ1n) is 9.51. The van der Waals surface area contributed by atoms with Crippen molar-refractivity contribution in [3.8, 4) is 11.5 Å². The summed E-state index contributed by atoms with van der Waals surface area (Å²) in [5, 5.41) is 0. The molecule has 0 amide bonds. The number of ether oxygens (including phenoxy) is 4. The Morgan fingerprint density at radius 3 is 1.70 bits per heavy atom. The van der Waals surface area contributed by atoms with Gasteiger partial charge in [0.1, 0.15) is 24.7 Å². The third-order valence-corrected chi connectivity index (χ3v) is 4.05. The normalized spacial score (nSPS) is 10.2. The lowest BCUT2D eigenvalue weighted by Crippen LogP contribution is -2.14. The highest BCUT2D eigenvalue weighted by molar-refractivity contribution is 5.96. The van der Waals surface area contributed by atoms with Gasteiger partial charge < -0.3 is 18.9 Å². The van der Waals surface area contributed by atoms with Crippen molar-refractivity contribution in [1.29, 1.82) is 0 Å². The first-order chi connectivity index (χ1) is 14.6. The van der Waals surface area contributed by atoms with Gasteiger partial charge in [0.15, 0.2) is 0 Å². The highest BCUT2D eigenvalue weighted by Gasteiger charge is 2.16. The zero-order chi connectivity index (χ0) is 21.2. The van der Waals surface area contributed by atoms with Gasteiger partial charge in [-0.25, -0.2) is 9.59 Å². The first-order valence-corrected chi connectivity index (χ1v) is 9.51. The Kier molecular flexibility index (Phi) is 7.44. The molecule has 0 unspecified atom stereocenters. The predicted octanol–water partition coefficient (Wildman–Crippen LogP) is 5.16. The molecule has 0 fully saturated rings. The predicted molar refractivity (Wildman–Crippen MR) is 110 cm³/mol. The Bertz CT molecular complexity index is 908. The summed E-state index contributed by atoms with van der Waals surface area (Å²) in [4.78, 5) is 23.8. The highest BCUT2D eigenvalue weighted by atomic mass is 16.7. The summed E-state index contributed by atoms with van der Waals surface area (Å²) in [5.41, 5.74) is 2.07. The SMILES string of the molecule is CCOC(=O)OC(=O)c1cc(OCc2ccccc2)cc(OCc2ccccc2)c1. The zero-order valence-corrected chi connectivity index (χ0v) is 16.6. The number of carbonyl (C=O) groups is 2. The minimum absolute atomic E-state index is 0.109. The minimum atomic E-state index is -1.05. The number of esters is 1. The Morgan fingerprint density at radius 1 is 0.733 bits per heavy atom. The largest absolute Gasteiger partial charge is 0.516 e. The molecule has 30 heavy (non-hydrogen) atoms. The molecule has 0 saturated carbocycles. The van der Waals surface area contributed by atoms with E-state index in [1.807, 2.05) is 60.7 Å². The molecule has 0 atom stereocenters. The van der Waals surface area contributed by atoms with E-state index in [9.17, 15) is 9.59 Å². The van der Waals surface area contributed by atoms with Crippen LogP contribution < -0.4 is 9.47 Å². The van der Waals surface area contributed by atoms with Gasteiger partial charge in [-0.2, -0.15) is 0 Å². The van der Waals surface area contributed by atoms with Crippen molar-refractivity contribution in [3.63, 3.8) is 0 Å². The Hall–Kier alpha value is -3.80. The quantitative estimate of drug-likeness (QED) is 0.380. The standard InChI is InChI=1S/C24H22O6/c1-2-27-24(26)30-23(25)20-13-21(28-16-18-9-5-3-6-10-18)15-22(14-20)29-17-19-11-7-4-8-12-19/h3-15H,2,16-17H2,1H3. The first kappa shape index (κ1) is 20.9. The van der Waals surface area contributed by atoms with Crippen LogP contribution in [-0.4, -0.2) is 18.7 Å². The molecule has 0 saturated heterocycles. The van der Waals surface area contributed by atoms with Gasteiger partial charge in [-0.15, -0.1) is 0 Å². The van der Waals surface area contributed by atoms with E-state index in [4.69, 9.17) is 14.2 Å². The molecule has 0 radical (unpaired) electrons. The van der Waals surface area contributed by atoms with Gasteiger partial charge in [0.25, 0.3) is 0 Å². The van der Waals surface area contributed by atoms with Crippen LogP contribution in [0.15, 0.2) is 78.9 Å². The molecular formula is C24H22O6. The van der Waals surface area contributed by atoms with E-state index >= 15 is 0 Å². The van der Waals surface area contributed by atoms with E-state index in [-0.39, 0.29) is 12.2 Å². The molecule has 0 aliphatic rings. The van der Waals surface area contributed by atoms with Gasteiger partial charge in [0.2, 0.25) is 0 Å². The lowest BCUT2D eigenvalue weighted by atomic mass is 10.2. The van der Waals surface area contributed by atoms with Crippen molar-refractivity contribution < 1.29 is 28.5 Å². The monoisotopic (exact) mass is 406 g/mol. The average Bonchev–Trinajstić information content (AvgIpc) is 2.78. The van der Waals surface area contributed by atoms with Crippen LogP contribution in [0.4, 0.5) is 4.79 Å².